The standard InChI is InChI=1S/C11H18N2O/c1-2-11-7-12-3-4-13(8-11)6-9(5-12)10(11)14/h9H,2-8H2,1H3/p+2. The van der Waals surface area contributed by atoms with Crippen molar-refractivity contribution < 1.29 is 14.6 Å². The normalized spacial score (nSPS) is 50.9. The van der Waals surface area contributed by atoms with E-state index in [-0.39, 0.29) is 5.41 Å². The summed E-state index contributed by atoms with van der Waals surface area (Å²) >= 11 is 0. The quantitative estimate of drug-likeness (QED) is 0.472. The molecule has 4 aliphatic heterocycles. The Balaban J connectivity index is 2.01. The van der Waals surface area contributed by atoms with Crippen LogP contribution < -0.4 is 9.80 Å². The SMILES string of the molecule is CCC12C[NH+]3CC[NH+](CC(C3)C1=O)C2. The lowest BCUT2D eigenvalue weighted by Gasteiger charge is -2.43. The minimum atomic E-state index is 0.0718. The molecule has 4 fully saturated rings. The van der Waals surface area contributed by atoms with Crippen LogP contribution in [0.3, 0.4) is 0 Å². The molecule has 2 unspecified atom stereocenters. The Kier molecular flexibility index (Phi) is 1.77. The van der Waals surface area contributed by atoms with Gasteiger partial charge in [-0.15, -0.1) is 0 Å². The molecule has 0 aromatic rings. The number of hydrogen-bond donors (Lipinski definition) is 2. The Morgan fingerprint density at radius 3 is 2.36 bits per heavy atom. The van der Waals surface area contributed by atoms with Crippen molar-refractivity contribution in [2.24, 2.45) is 11.3 Å². The van der Waals surface area contributed by atoms with Crippen LogP contribution in [0.25, 0.3) is 0 Å². The first-order valence-corrected chi connectivity index (χ1v) is 5.95. The van der Waals surface area contributed by atoms with Crippen molar-refractivity contribution in [3.63, 3.8) is 0 Å². The molecule has 0 spiro atoms. The molecule has 3 heteroatoms. The summed E-state index contributed by atoms with van der Waals surface area (Å²) in [6.07, 6.45) is 1.06. The summed E-state index contributed by atoms with van der Waals surface area (Å²) in [5, 5.41) is 0. The van der Waals surface area contributed by atoms with Gasteiger partial charge in [-0.05, 0) is 6.42 Å². The van der Waals surface area contributed by atoms with Crippen molar-refractivity contribution in [2.75, 3.05) is 39.3 Å². The van der Waals surface area contributed by atoms with Crippen LogP contribution in [0.2, 0.25) is 0 Å². The van der Waals surface area contributed by atoms with Crippen molar-refractivity contribution in [1.82, 2.24) is 0 Å². The van der Waals surface area contributed by atoms with Gasteiger partial charge in [0.25, 0.3) is 0 Å². The first kappa shape index (κ1) is 8.86. The predicted octanol–water partition coefficient (Wildman–Crippen LogP) is -2.62. The minimum Gasteiger partial charge on any atom is -0.328 e. The van der Waals surface area contributed by atoms with Gasteiger partial charge in [-0.25, -0.2) is 0 Å². The maximum Gasteiger partial charge on any atom is 0.164 e. The fourth-order valence-electron chi connectivity index (χ4n) is 3.88. The van der Waals surface area contributed by atoms with Crippen LogP contribution in [0.5, 0.6) is 0 Å². The maximum atomic E-state index is 12.3. The third kappa shape index (κ3) is 1.03. The number of fused-ring (bicyclic) bond motifs is 1. The fraction of sp³-hybridized carbons (Fsp3) is 0.909. The molecule has 0 aromatic carbocycles. The monoisotopic (exact) mass is 196 g/mol. The molecule has 14 heavy (non-hydrogen) atoms. The summed E-state index contributed by atoms with van der Waals surface area (Å²) in [7, 11) is 0. The summed E-state index contributed by atoms with van der Waals surface area (Å²) < 4.78 is 0. The van der Waals surface area contributed by atoms with Crippen molar-refractivity contribution in [2.45, 2.75) is 13.3 Å². The summed E-state index contributed by atoms with van der Waals surface area (Å²) in [5.41, 5.74) is 0.0718. The van der Waals surface area contributed by atoms with E-state index < -0.39 is 0 Å². The van der Waals surface area contributed by atoms with E-state index in [9.17, 15) is 4.79 Å². The first-order chi connectivity index (χ1) is 6.73. The summed E-state index contributed by atoms with van der Waals surface area (Å²) in [4.78, 5) is 15.6. The molecule has 4 heterocycles. The third-order valence-corrected chi connectivity index (χ3v) is 4.65. The summed E-state index contributed by atoms with van der Waals surface area (Å²) in [6, 6.07) is 0. The van der Waals surface area contributed by atoms with Gasteiger partial charge < -0.3 is 9.80 Å². The van der Waals surface area contributed by atoms with Gasteiger partial charge in [0.05, 0.1) is 26.2 Å². The van der Waals surface area contributed by atoms with Gasteiger partial charge in [-0.2, -0.15) is 0 Å². The van der Waals surface area contributed by atoms with Crippen LogP contribution in [0.1, 0.15) is 13.3 Å². The number of hydrogen-bond acceptors (Lipinski definition) is 1. The summed E-state index contributed by atoms with van der Waals surface area (Å²) in [6.45, 7) is 9.30. The van der Waals surface area contributed by atoms with Gasteiger partial charge in [-0.3, -0.25) is 4.79 Å². The van der Waals surface area contributed by atoms with E-state index in [1.165, 1.54) is 13.1 Å². The Hall–Kier alpha value is -0.410. The molecule has 0 aliphatic carbocycles. The van der Waals surface area contributed by atoms with Crippen molar-refractivity contribution in [3.8, 4) is 0 Å². The topological polar surface area (TPSA) is 26.0 Å². The van der Waals surface area contributed by atoms with E-state index in [4.69, 9.17) is 0 Å². The number of Topliss-reactive ketones (excluding diaryl/α,β-unsaturated/α-hetero) is 1. The van der Waals surface area contributed by atoms with E-state index in [1.807, 2.05) is 0 Å². The molecule has 3 nitrogen and oxygen atoms in total. The van der Waals surface area contributed by atoms with Crippen LogP contribution in [-0.2, 0) is 4.79 Å². The number of piperidine rings is 2. The average molecular weight is 196 g/mol. The largest absolute Gasteiger partial charge is 0.328 e. The van der Waals surface area contributed by atoms with Gasteiger partial charge in [0.2, 0.25) is 0 Å². The molecule has 4 rings (SSSR count). The second-order valence-corrected chi connectivity index (χ2v) is 5.46. The third-order valence-electron chi connectivity index (χ3n) is 4.65. The van der Waals surface area contributed by atoms with E-state index in [0.717, 1.165) is 32.6 Å². The second-order valence-electron chi connectivity index (χ2n) is 5.46. The molecule has 2 N–H and O–H groups in total. The van der Waals surface area contributed by atoms with Crippen LogP contribution in [-0.4, -0.2) is 45.1 Å². The maximum absolute atomic E-state index is 12.3. The summed E-state index contributed by atoms with van der Waals surface area (Å²) in [5.74, 6) is 0.999. The first-order valence-electron chi connectivity index (χ1n) is 5.95. The number of ketones is 1. The van der Waals surface area contributed by atoms with Crippen LogP contribution in [0.4, 0.5) is 0 Å². The average Bonchev–Trinajstić information content (AvgIpc) is 2.41. The Labute approximate surface area is 85.1 Å². The Morgan fingerprint density at radius 1 is 1.29 bits per heavy atom. The van der Waals surface area contributed by atoms with Gasteiger partial charge in [0.1, 0.15) is 24.4 Å². The van der Waals surface area contributed by atoms with Gasteiger partial charge in [-0.1, -0.05) is 6.92 Å². The number of nitrogens with one attached hydrogen (secondary N) is 2. The van der Waals surface area contributed by atoms with Gasteiger partial charge in [0, 0.05) is 0 Å². The lowest BCUT2D eigenvalue weighted by Crippen LogP contribution is -3.17. The van der Waals surface area contributed by atoms with Crippen molar-refractivity contribution in [3.05, 3.63) is 0 Å². The number of rotatable bonds is 1. The lowest BCUT2D eigenvalue weighted by molar-refractivity contribution is -0.918. The molecular formula is C11H20N2O+2. The minimum absolute atomic E-state index is 0.0718. The van der Waals surface area contributed by atoms with E-state index in [1.54, 1.807) is 9.80 Å². The lowest BCUT2D eigenvalue weighted by atomic mass is 9.70. The van der Waals surface area contributed by atoms with Gasteiger partial charge in [0.15, 0.2) is 5.78 Å². The van der Waals surface area contributed by atoms with Gasteiger partial charge >= 0.3 is 0 Å². The molecule has 78 valence electrons. The highest BCUT2D eigenvalue weighted by Gasteiger charge is 2.57. The Morgan fingerprint density at radius 2 is 1.86 bits per heavy atom. The van der Waals surface area contributed by atoms with E-state index in [2.05, 4.69) is 6.92 Å². The zero-order valence-corrected chi connectivity index (χ0v) is 8.94. The van der Waals surface area contributed by atoms with Crippen molar-refractivity contribution in [1.29, 1.82) is 0 Å². The zero-order valence-electron chi connectivity index (χ0n) is 8.94. The molecule has 0 saturated carbocycles. The molecule has 0 amide bonds. The highest BCUT2D eigenvalue weighted by molar-refractivity contribution is 5.88. The van der Waals surface area contributed by atoms with E-state index >= 15 is 0 Å². The Bertz CT molecular complexity index is 260. The number of carbonyl (C=O) groups excluding carboxylic acids is 1. The highest BCUT2D eigenvalue weighted by Crippen LogP contribution is 2.28. The molecular weight excluding hydrogens is 176 g/mol. The van der Waals surface area contributed by atoms with Crippen LogP contribution in [0.15, 0.2) is 0 Å². The highest BCUT2D eigenvalue weighted by atomic mass is 16.1. The molecule has 2 atom stereocenters. The molecule has 0 radical (unpaired) electrons. The molecule has 4 aliphatic rings. The number of carbonyl (C=O) groups is 1. The number of quaternary nitrogens is 2. The predicted molar refractivity (Wildman–Crippen MR) is 52.3 cm³/mol. The van der Waals surface area contributed by atoms with Crippen LogP contribution in [0, 0.1) is 11.3 Å². The molecule has 4 saturated heterocycles. The second kappa shape index (κ2) is 2.80. The van der Waals surface area contributed by atoms with E-state index in [0.29, 0.717) is 11.7 Å². The zero-order chi connectivity index (χ0) is 9.76. The molecule has 0 aromatic heterocycles. The molecule has 4 bridgehead atoms. The van der Waals surface area contributed by atoms with Crippen molar-refractivity contribution >= 4 is 5.78 Å². The fourth-order valence-corrected chi connectivity index (χ4v) is 3.88. The smallest absolute Gasteiger partial charge is 0.164 e. The van der Waals surface area contributed by atoms with Crippen LogP contribution >= 0.6 is 0 Å².